The number of ether oxygens (including phenoxy) is 1. The number of nitrogens with one attached hydrogen (secondary N) is 2. The molecule has 0 aliphatic carbocycles. The van der Waals surface area contributed by atoms with Crippen molar-refractivity contribution in [3.8, 4) is 0 Å². The molecule has 2 N–H and O–H groups in total. The van der Waals surface area contributed by atoms with Gasteiger partial charge >= 0.3 is 12.0 Å². The molecule has 1 aromatic rings. The molecule has 0 radical (unpaired) electrons. The Morgan fingerprint density at radius 2 is 1.86 bits per heavy atom. The summed E-state index contributed by atoms with van der Waals surface area (Å²) in [6.07, 6.45) is 0.723. The summed E-state index contributed by atoms with van der Waals surface area (Å²) in [5, 5.41) is 4.57. The van der Waals surface area contributed by atoms with Crippen molar-refractivity contribution in [3.05, 3.63) is 35.6 Å². The van der Waals surface area contributed by atoms with Crippen LogP contribution in [0.1, 0.15) is 30.6 Å². The van der Waals surface area contributed by atoms with Gasteiger partial charge in [0.1, 0.15) is 5.82 Å². The van der Waals surface area contributed by atoms with E-state index in [0.717, 1.165) is 18.6 Å². The normalized spacial score (nSPS) is 11.4. The number of amides is 3. The van der Waals surface area contributed by atoms with Crippen LogP contribution in [0.25, 0.3) is 0 Å². The first-order valence-electron chi connectivity index (χ1n) is 6.45. The molecular weight excluding hydrogens is 279 g/mol. The number of esters is 1. The number of benzene rings is 1. The molecule has 7 heteroatoms. The Labute approximate surface area is 121 Å². The number of rotatable bonds is 5. The van der Waals surface area contributed by atoms with Gasteiger partial charge in [-0.25, -0.2) is 14.0 Å². The highest BCUT2D eigenvalue weighted by Gasteiger charge is 2.13. The molecule has 0 unspecified atom stereocenters. The minimum Gasteiger partial charge on any atom is -0.452 e. The van der Waals surface area contributed by atoms with E-state index in [-0.39, 0.29) is 11.6 Å². The number of hydrogen-bond acceptors (Lipinski definition) is 4. The SMILES string of the molecule is CC[C@H](C)NC(=O)NC(=O)COC(=O)c1ccc(F)cc1. The number of hydrogen-bond donors (Lipinski definition) is 2. The molecule has 0 aliphatic heterocycles. The molecule has 3 amide bonds. The topological polar surface area (TPSA) is 84.5 Å². The van der Waals surface area contributed by atoms with E-state index >= 15 is 0 Å². The molecule has 0 aromatic heterocycles. The summed E-state index contributed by atoms with van der Waals surface area (Å²) >= 11 is 0. The Hall–Kier alpha value is -2.44. The molecule has 114 valence electrons. The number of carbonyl (C=O) groups excluding carboxylic acids is 3. The largest absolute Gasteiger partial charge is 0.452 e. The van der Waals surface area contributed by atoms with E-state index in [1.807, 2.05) is 12.2 Å². The first-order chi connectivity index (χ1) is 9.92. The number of carbonyl (C=O) groups is 3. The lowest BCUT2D eigenvalue weighted by Crippen LogP contribution is -2.44. The third kappa shape index (κ3) is 6.03. The molecule has 0 aliphatic rings. The van der Waals surface area contributed by atoms with Crippen LogP contribution in [-0.4, -0.2) is 30.6 Å². The summed E-state index contributed by atoms with van der Waals surface area (Å²) in [5.41, 5.74) is 0.119. The van der Waals surface area contributed by atoms with E-state index in [1.165, 1.54) is 12.1 Å². The van der Waals surface area contributed by atoms with Crippen molar-refractivity contribution in [1.29, 1.82) is 0 Å². The Bertz CT molecular complexity index is 516. The van der Waals surface area contributed by atoms with Crippen LogP contribution in [0.5, 0.6) is 0 Å². The van der Waals surface area contributed by atoms with Crippen molar-refractivity contribution < 1.29 is 23.5 Å². The van der Waals surface area contributed by atoms with E-state index in [0.29, 0.717) is 0 Å². The molecule has 1 atom stereocenters. The predicted octanol–water partition coefficient (Wildman–Crippen LogP) is 1.61. The maximum Gasteiger partial charge on any atom is 0.338 e. The van der Waals surface area contributed by atoms with Gasteiger partial charge in [-0.1, -0.05) is 6.92 Å². The summed E-state index contributed by atoms with van der Waals surface area (Å²) in [4.78, 5) is 34.3. The molecule has 1 rings (SSSR count). The molecule has 0 saturated heterocycles. The lowest BCUT2D eigenvalue weighted by molar-refractivity contribution is -0.123. The van der Waals surface area contributed by atoms with Gasteiger partial charge in [-0.05, 0) is 37.6 Å². The molecular formula is C14H17FN2O4. The Morgan fingerprint density at radius 1 is 1.24 bits per heavy atom. The minimum absolute atomic E-state index is 0.0698. The molecule has 21 heavy (non-hydrogen) atoms. The maximum absolute atomic E-state index is 12.7. The number of imide groups is 1. The van der Waals surface area contributed by atoms with Crippen molar-refractivity contribution in [2.24, 2.45) is 0 Å². The van der Waals surface area contributed by atoms with Gasteiger partial charge < -0.3 is 10.1 Å². The predicted molar refractivity (Wildman–Crippen MR) is 73.1 cm³/mol. The zero-order chi connectivity index (χ0) is 15.8. The van der Waals surface area contributed by atoms with Gasteiger partial charge in [0.15, 0.2) is 6.61 Å². The van der Waals surface area contributed by atoms with Gasteiger partial charge in [0.25, 0.3) is 5.91 Å². The third-order valence-electron chi connectivity index (χ3n) is 2.66. The smallest absolute Gasteiger partial charge is 0.338 e. The Morgan fingerprint density at radius 3 is 2.43 bits per heavy atom. The van der Waals surface area contributed by atoms with E-state index in [4.69, 9.17) is 4.74 Å². The van der Waals surface area contributed by atoms with Crippen molar-refractivity contribution >= 4 is 17.9 Å². The van der Waals surface area contributed by atoms with Gasteiger partial charge in [-0.15, -0.1) is 0 Å². The second-order valence-corrected chi connectivity index (χ2v) is 4.41. The van der Waals surface area contributed by atoms with Crippen LogP contribution in [0.2, 0.25) is 0 Å². The van der Waals surface area contributed by atoms with Crippen molar-refractivity contribution in [1.82, 2.24) is 10.6 Å². The fourth-order valence-corrected chi connectivity index (χ4v) is 1.33. The second kappa shape index (κ2) is 7.98. The molecule has 6 nitrogen and oxygen atoms in total. The van der Waals surface area contributed by atoms with Crippen LogP contribution in [-0.2, 0) is 9.53 Å². The van der Waals surface area contributed by atoms with Gasteiger partial charge in [-0.2, -0.15) is 0 Å². The highest BCUT2D eigenvalue weighted by molar-refractivity contribution is 5.97. The third-order valence-corrected chi connectivity index (χ3v) is 2.66. The monoisotopic (exact) mass is 296 g/mol. The van der Waals surface area contributed by atoms with Crippen LogP contribution < -0.4 is 10.6 Å². The van der Waals surface area contributed by atoms with Crippen LogP contribution in [0.15, 0.2) is 24.3 Å². The van der Waals surface area contributed by atoms with Gasteiger partial charge in [0, 0.05) is 6.04 Å². The van der Waals surface area contributed by atoms with E-state index in [1.54, 1.807) is 6.92 Å². The standard InChI is InChI=1S/C14H17FN2O4/c1-3-9(2)16-14(20)17-12(18)8-21-13(19)10-4-6-11(15)7-5-10/h4-7,9H,3,8H2,1-2H3,(H2,16,17,18,20)/t9-/m0/s1. The Kier molecular flexibility index (Phi) is 6.32. The van der Waals surface area contributed by atoms with E-state index in [2.05, 4.69) is 5.32 Å². The summed E-state index contributed by atoms with van der Waals surface area (Å²) in [6.45, 7) is 3.08. The molecule has 1 aromatic carbocycles. The van der Waals surface area contributed by atoms with E-state index < -0.39 is 30.3 Å². The number of urea groups is 1. The first kappa shape index (κ1) is 16.6. The quantitative estimate of drug-likeness (QED) is 0.808. The van der Waals surface area contributed by atoms with Crippen molar-refractivity contribution in [2.45, 2.75) is 26.3 Å². The van der Waals surface area contributed by atoms with Crippen LogP contribution in [0.4, 0.5) is 9.18 Å². The fourth-order valence-electron chi connectivity index (χ4n) is 1.33. The molecule has 0 spiro atoms. The average molecular weight is 296 g/mol. The summed E-state index contributed by atoms with van der Waals surface area (Å²) in [7, 11) is 0. The highest BCUT2D eigenvalue weighted by Crippen LogP contribution is 2.04. The van der Waals surface area contributed by atoms with Crippen LogP contribution in [0, 0.1) is 5.82 Å². The van der Waals surface area contributed by atoms with E-state index in [9.17, 15) is 18.8 Å². The zero-order valence-corrected chi connectivity index (χ0v) is 11.8. The first-order valence-corrected chi connectivity index (χ1v) is 6.45. The average Bonchev–Trinajstić information content (AvgIpc) is 2.45. The van der Waals surface area contributed by atoms with Crippen LogP contribution >= 0.6 is 0 Å². The summed E-state index contributed by atoms with van der Waals surface area (Å²) < 4.78 is 17.4. The summed E-state index contributed by atoms with van der Waals surface area (Å²) in [6, 6.07) is 3.98. The zero-order valence-electron chi connectivity index (χ0n) is 11.8. The lowest BCUT2D eigenvalue weighted by Gasteiger charge is -2.11. The minimum atomic E-state index is -0.771. The fraction of sp³-hybridized carbons (Fsp3) is 0.357. The molecule has 0 heterocycles. The van der Waals surface area contributed by atoms with Crippen molar-refractivity contribution in [3.63, 3.8) is 0 Å². The summed E-state index contributed by atoms with van der Waals surface area (Å²) in [5.74, 6) is -2.00. The molecule has 0 saturated carbocycles. The van der Waals surface area contributed by atoms with Crippen LogP contribution in [0.3, 0.4) is 0 Å². The highest BCUT2D eigenvalue weighted by atomic mass is 19.1. The van der Waals surface area contributed by atoms with Gasteiger partial charge in [0.05, 0.1) is 5.56 Å². The Balaban J connectivity index is 2.37. The van der Waals surface area contributed by atoms with Crippen molar-refractivity contribution in [2.75, 3.05) is 6.61 Å². The maximum atomic E-state index is 12.7. The number of halogens is 1. The molecule has 0 bridgehead atoms. The molecule has 0 fully saturated rings. The van der Waals surface area contributed by atoms with Gasteiger partial charge in [0.2, 0.25) is 0 Å². The van der Waals surface area contributed by atoms with Gasteiger partial charge in [-0.3, -0.25) is 10.1 Å². The second-order valence-electron chi connectivity index (χ2n) is 4.41. The lowest BCUT2D eigenvalue weighted by atomic mass is 10.2.